The molecule has 0 bridgehead atoms. The first kappa shape index (κ1) is 20.1. The molecule has 0 saturated carbocycles. The predicted octanol–water partition coefficient (Wildman–Crippen LogP) is 8.86. The lowest BCUT2D eigenvalue weighted by molar-refractivity contribution is 1.43. The van der Waals surface area contributed by atoms with Gasteiger partial charge in [0, 0.05) is 40.1 Å². The van der Waals surface area contributed by atoms with Crippen molar-refractivity contribution in [3.8, 4) is 33.6 Å². The highest BCUT2D eigenvalue weighted by Crippen LogP contribution is 2.46. The first-order valence-electron chi connectivity index (χ1n) is 10.4. The molecule has 32 heavy (non-hydrogen) atoms. The summed E-state index contributed by atoms with van der Waals surface area (Å²) in [4.78, 5) is 7.45. The molecule has 0 radical (unpaired) electrons. The van der Waals surface area contributed by atoms with Crippen molar-refractivity contribution in [3.05, 3.63) is 104 Å². The minimum atomic E-state index is 1.15. The Hall–Kier alpha value is -2.58. The average molecular weight is 636 g/mol. The Labute approximate surface area is 213 Å². The number of halogens is 2. The lowest BCUT2D eigenvalue weighted by Crippen LogP contribution is -1.87. The highest BCUT2D eigenvalue weighted by molar-refractivity contribution is 14.1. The number of H-pyrrole nitrogens is 2. The van der Waals surface area contributed by atoms with Crippen LogP contribution < -0.4 is 0 Å². The summed E-state index contributed by atoms with van der Waals surface area (Å²) in [5.41, 5.74) is 9.47. The van der Waals surface area contributed by atoms with Crippen LogP contribution in [0, 0.1) is 7.14 Å². The Morgan fingerprint density at radius 2 is 0.812 bits per heavy atom. The molecule has 2 N–H and O–H groups in total. The van der Waals surface area contributed by atoms with E-state index in [9.17, 15) is 0 Å². The SMILES string of the molecule is Ic1ccc(-c2[nH]c3ccccc3c2-c2c(-c3ccc(I)cc3)[nH]c3ccccc23)cc1. The van der Waals surface area contributed by atoms with Gasteiger partial charge in [-0.3, -0.25) is 0 Å². The zero-order chi connectivity index (χ0) is 21.7. The Bertz CT molecular complexity index is 1450. The van der Waals surface area contributed by atoms with Crippen LogP contribution in [0.3, 0.4) is 0 Å². The summed E-state index contributed by atoms with van der Waals surface area (Å²) in [6, 6.07) is 34.7. The minimum absolute atomic E-state index is 1.15. The van der Waals surface area contributed by atoms with E-state index in [2.05, 4.69) is 152 Å². The van der Waals surface area contributed by atoms with Gasteiger partial charge >= 0.3 is 0 Å². The van der Waals surface area contributed by atoms with E-state index in [4.69, 9.17) is 0 Å². The van der Waals surface area contributed by atoms with Crippen LogP contribution in [0.4, 0.5) is 0 Å². The van der Waals surface area contributed by atoms with E-state index in [0.717, 1.165) is 22.4 Å². The molecule has 0 saturated heterocycles. The van der Waals surface area contributed by atoms with Crippen molar-refractivity contribution in [1.82, 2.24) is 9.97 Å². The van der Waals surface area contributed by atoms with Gasteiger partial charge in [0.05, 0.1) is 11.4 Å². The molecule has 2 nitrogen and oxygen atoms in total. The maximum Gasteiger partial charge on any atom is 0.0545 e. The summed E-state index contributed by atoms with van der Waals surface area (Å²) in [5.74, 6) is 0. The van der Waals surface area contributed by atoms with E-state index in [1.165, 1.54) is 40.2 Å². The Kier molecular flexibility index (Phi) is 5.07. The van der Waals surface area contributed by atoms with Gasteiger partial charge in [0.2, 0.25) is 0 Å². The Morgan fingerprint density at radius 1 is 0.438 bits per heavy atom. The molecule has 0 atom stereocenters. The number of rotatable bonds is 3. The highest BCUT2D eigenvalue weighted by atomic mass is 127. The first-order valence-corrected chi connectivity index (χ1v) is 12.6. The van der Waals surface area contributed by atoms with Gasteiger partial charge in [-0.15, -0.1) is 0 Å². The summed E-state index contributed by atoms with van der Waals surface area (Å²) in [5, 5.41) is 2.47. The second kappa shape index (κ2) is 8.08. The number of hydrogen-bond acceptors (Lipinski definition) is 0. The van der Waals surface area contributed by atoms with Gasteiger partial charge in [-0.1, -0.05) is 60.7 Å². The fraction of sp³-hybridized carbons (Fsp3) is 0. The number of fused-ring (bicyclic) bond motifs is 2. The molecule has 2 aromatic heterocycles. The van der Waals surface area contributed by atoms with Crippen LogP contribution in [0.25, 0.3) is 55.4 Å². The molecule has 0 aliphatic heterocycles. The first-order chi connectivity index (χ1) is 15.7. The monoisotopic (exact) mass is 636 g/mol. The van der Waals surface area contributed by atoms with Crippen molar-refractivity contribution in [2.24, 2.45) is 0 Å². The summed E-state index contributed by atoms with van der Waals surface area (Å²) in [6.45, 7) is 0. The van der Waals surface area contributed by atoms with Gasteiger partial charge in [0.25, 0.3) is 0 Å². The third-order valence-electron chi connectivity index (χ3n) is 5.93. The largest absolute Gasteiger partial charge is 0.354 e. The maximum absolute atomic E-state index is 3.72. The molecule has 4 heteroatoms. The number of hydrogen-bond donors (Lipinski definition) is 2. The zero-order valence-electron chi connectivity index (χ0n) is 17.0. The normalized spacial score (nSPS) is 11.4. The second-order valence-corrected chi connectivity index (χ2v) is 10.3. The summed E-state index contributed by atoms with van der Waals surface area (Å²) >= 11 is 4.72. The molecule has 0 aliphatic carbocycles. The van der Waals surface area contributed by atoms with Crippen LogP contribution in [-0.4, -0.2) is 9.97 Å². The van der Waals surface area contributed by atoms with E-state index in [1.54, 1.807) is 0 Å². The molecule has 0 unspecified atom stereocenters. The quantitative estimate of drug-likeness (QED) is 0.182. The molecular formula is C28H18I2N2. The summed E-state index contributed by atoms with van der Waals surface area (Å²) in [7, 11) is 0. The number of aromatic nitrogens is 2. The van der Waals surface area contributed by atoms with Gasteiger partial charge in [-0.05, 0) is 92.7 Å². The number of benzene rings is 4. The van der Waals surface area contributed by atoms with Crippen LogP contribution in [-0.2, 0) is 0 Å². The van der Waals surface area contributed by atoms with Crippen LogP contribution in [0.2, 0.25) is 0 Å². The topological polar surface area (TPSA) is 31.6 Å². The van der Waals surface area contributed by atoms with E-state index in [-0.39, 0.29) is 0 Å². The molecular weight excluding hydrogens is 618 g/mol. The standard InChI is InChI=1S/C28H18I2N2/c29-19-13-9-17(10-14-19)27-25(21-5-1-3-7-23(21)31-27)26-22-6-2-4-8-24(22)32-28(26)18-11-15-20(30)16-12-18/h1-16,31-32H. The second-order valence-electron chi connectivity index (χ2n) is 7.85. The van der Waals surface area contributed by atoms with Gasteiger partial charge in [0.1, 0.15) is 0 Å². The smallest absolute Gasteiger partial charge is 0.0545 e. The van der Waals surface area contributed by atoms with Crippen LogP contribution in [0.5, 0.6) is 0 Å². The summed E-state index contributed by atoms with van der Waals surface area (Å²) in [6.07, 6.45) is 0. The van der Waals surface area contributed by atoms with Crippen LogP contribution in [0.1, 0.15) is 0 Å². The van der Waals surface area contributed by atoms with E-state index in [0.29, 0.717) is 0 Å². The van der Waals surface area contributed by atoms with E-state index in [1.807, 2.05) is 0 Å². The Balaban J connectivity index is 1.74. The zero-order valence-corrected chi connectivity index (χ0v) is 21.3. The fourth-order valence-electron chi connectivity index (χ4n) is 4.47. The molecule has 4 aromatic carbocycles. The Morgan fingerprint density at radius 3 is 1.22 bits per heavy atom. The molecule has 6 rings (SSSR count). The van der Waals surface area contributed by atoms with Crippen molar-refractivity contribution >= 4 is 67.0 Å². The van der Waals surface area contributed by atoms with Gasteiger partial charge in [0.15, 0.2) is 0 Å². The number of nitrogens with one attached hydrogen (secondary N) is 2. The maximum atomic E-state index is 3.72. The van der Waals surface area contributed by atoms with E-state index < -0.39 is 0 Å². The highest BCUT2D eigenvalue weighted by Gasteiger charge is 2.22. The van der Waals surface area contributed by atoms with Gasteiger partial charge in [-0.25, -0.2) is 0 Å². The summed E-state index contributed by atoms with van der Waals surface area (Å²) < 4.78 is 2.46. The van der Waals surface area contributed by atoms with Crippen LogP contribution >= 0.6 is 45.2 Å². The molecule has 0 spiro atoms. The molecule has 0 amide bonds. The molecule has 154 valence electrons. The molecule has 0 aliphatic rings. The van der Waals surface area contributed by atoms with Gasteiger partial charge < -0.3 is 9.97 Å². The third-order valence-corrected chi connectivity index (χ3v) is 7.37. The minimum Gasteiger partial charge on any atom is -0.354 e. The fourth-order valence-corrected chi connectivity index (χ4v) is 5.19. The van der Waals surface area contributed by atoms with Crippen LogP contribution in [0.15, 0.2) is 97.1 Å². The lowest BCUT2D eigenvalue weighted by Gasteiger charge is -2.09. The van der Waals surface area contributed by atoms with Crippen molar-refractivity contribution < 1.29 is 0 Å². The molecule has 2 heterocycles. The van der Waals surface area contributed by atoms with E-state index >= 15 is 0 Å². The predicted molar refractivity (Wildman–Crippen MR) is 152 cm³/mol. The van der Waals surface area contributed by atoms with Gasteiger partial charge in [-0.2, -0.15) is 0 Å². The van der Waals surface area contributed by atoms with Crippen molar-refractivity contribution in [3.63, 3.8) is 0 Å². The van der Waals surface area contributed by atoms with Crippen molar-refractivity contribution in [1.29, 1.82) is 0 Å². The third kappa shape index (κ3) is 3.36. The number of aromatic amines is 2. The lowest BCUT2D eigenvalue weighted by atomic mass is 9.94. The average Bonchev–Trinajstić information content (AvgIpc) is 3.38. The number of para-hydroxylation sites is 2. The molecule has 6 aromatic rings. The van der Waals surface area contributed by atoms with Crippen molar-refractivity contribution in [2.45, 2.75) is 0 Å². The molecule has 0 fully saturated rings. The van der Waals surface area contributed by atoms with Crippen molar-refractivity contribution in [2.75, 3.05) is 0 Å².